The van der Waals surface area contributed by atoms with E-state index in [1.807, 2.05) is 13.0 Å². The first-order valence-corrected chi connectivity index (χ1v) is 10.9. The number of allylic oxidation sites excluding steroid dienone is 4. The summed E-state index contributed by atoms with van der Waals surface area (Å²) in [4.78, 5) is 24.2. The molecule has 4 rings (SSSR count). The van der Waals surface area contributed by atoms with Gasteiger partial charge in [0.25, 0.3) is 5.91 Å². The van der Waals surface area contributed by atoms with Crippen molar-refractivity contribution in [2.24, 2.45) is 28.6 Å². The molecule has 3 saturated carbocycles. The number of rotatable bonds is 3. The lowest BCUT2D eigenvalue weighted by atomic mass is 9.46. The summed E-state index contributed by atoms with van der Waals surface area (Å²) in [5, 5.41) is 36.2. The van der Waals surface area contributed by atoms with E-state index in [9.17, 15) is 24.9 Å². The van der Waals surface area contributed by atoms with Crippen LogP contribution in [0.5, 0.6) is 0 Å². The summed E-state index contributed by atoms with van der Waals surface area (Å²) in [6.07, 6.45) is 6.13. The van der Waals surface area contributed by atoms with Crippen LogP contribution in [-0.4, -0.2) is 51.4 Å². The fraction of sp³-hybridized carbons (Fsp3) is 0.739. The van der Waals surface area contributed by atoms with Gasteiger partial charge < -0.3 is 20.6 Å². The molecular weight excluding hydrogens is 370 g/mol. The van der Waals surface area contributed by atoms with Crippen LogP contribution in [-0.2, 0) is 9.59 Å². The van der Waals surface area contributed by atoms with Crippen molar-refractivity contribution in [3.63, 3.8) is 0 Å². The minimum absolute atomic E-state index is 0.00589. The Morgan fingerprint density at radius 3 is 2.76 bits per heavy atom. The third kappa shape index (κ3) is 2.72. The second-order valence-electron chi connectivity index (χ2n) is 9.97. The number of ketones is 1. The fourth-order valence-corrected chi connectivity index (χ4v) is 7.30. The van der Waals surface area contributed by atoms with E-state index < -0.39 is 29.1 Å². The second kappa shape index (κ2) is 6.76. The average molecular weight is 404 g/mol. The largest absolute Gasteiger partial charge is 0.393 e. The third-order valence-corrected chi connectivity index (χ3v) is 8.76. The number of hydrogen-bond acceptors (Lipinski definition) is 5. The van der Waals surface area contributed by atoms with Crippen LogP contribution in [0.15, 0.2) is 23.8 Å². The molecule has 1 amide bonds. The van der Waals surface area contributed by atoms with Gasteiger partial charge in [-0.2, -0.15) is 0 Å². The molecule has 3 fully saturated rings. The molecule has 0 aromatic heterocycles. The van der Waals surface area contributed by atoms with Crippen molar-refractivity contribution in [3.05, 3.63) is 23.8 Å². The topological polar surface area (TPSA) is 107 Å². The number of aliphatic hydroxyl groups is 3. The van der Waals surface area contributed by atoms with Gasteiger partial charge in [0.2, 0.25) is 0 Å². The van der Waals surface area contributed by atoms with Gasteiger partial charge in [0.1, 0.15) is 5.60 Å². The normalized spacial score (nSPS) is 47.0. The zero-order chi connectivity index (χ0) is 21.2. The highest BCUT2D eigenvalue weighted by Gasteiger charge is 2.68. The summed E-state index contributed by atoms with van der Waals surface area (Å²) in [6, 6.07) is 0. The van der Waals surface area contributed by atoms with Crippen molar-refractivity contribution in [2.45, 2.75) is 70.7 Å². The summed E-state index contributed by atoms with van der Waals surface area (Å²) in [5.74, 6) is -0.308. The van der Waals surface area contributed by atoms with Crippen LogP contribution in [0.4, 0.5) is 0 Å². The molecule has 4 aliphatic rings. The Labute approximate surface area is 172 Å². The molecule has 0 radical (unpaired) electrons. The predicted molar refractivity (Wildman–Crippen MR) is 108 cm³/mol. The zero-order valence-corrected chi connectivity index (χ0v) is 17.5. The van der Waals surface area contributed by atoms with Gasteiger partial charge >= 0.3 is 0 Å². The van der Waals surface area contributed by atoms with Crippen LogP contribution in [0.2, 0.25) is 0 Å². The van der Waals surface area contributed by atoms with Gasteiger partial charge in [0.15, 0.2) is 11.9 Å². The maximum Gasteiger partial charge on any atom is 0.251 e. The minimum atomic E-state index is -1.56. The van der Waals surface area contributed by atoms with Crippen molar-refractivity contribution in [1.29, 1.82) is 0 Å². The molecule has 8 atom stereocenters. The molecule has 160 valence electrons. The molecule has 0 saturated heterocycles. The number of nitrogens with one attached hydrogen (secondary N) is 1. The van der Waals surface area contributed by atoms with Gasteiger partial charge in [-0.05, 0) is 63.0 Å². The number of aliphatic hydroxyl groups excluding tert-OH is 2. The molecule has 6 nitrogen and oxygen atoms in total. The lowest BCUT2D eigenvalue weighted by Crippen LogP contribution is -2.64. The van der Waals surface area contributed by atoms with Gasteiger partial charge in [-0.25, -0.2) is 0 Å². The monoisotopic (exact) mass is 403 g/mol. The van der Waals surface area contributed by atoms with Crippen LogP contribution < -0.4 is 5.32 Å². The highest BCUT2D eigenvalue weighted by atomic mass is 16.4. The summed E-state index contributed by atoms with van der Waals surface area (Å²) >= 11 is 0. The predicted octanol–water partition coefficient (Wildman–Crippen LogP) is 1.49. The Balaban J connectivity index is 1.69. The van der Waals surface area contributed by atoms with E-state index in [2.05, 4.69) is 12.2 Å². The Hall–Kier alpha value is -1.50. The first-order chi connectivity index (χ1) is 13.6. The Morgan fingerprint density at radius 1 is 1.34 bits per heavy atom. The lowest BCUT2D eigenvalue weighted by Gasteiger charge is -2.60. The number of carbonyl (C=O) groups is 2. The molecule has 4 N–H and O–H groups in total. The van der Waals surface area contributed by atoms with Crippen LogP contribution >= 0.6 is 0 Å². The van der Waals surface area contributed by atoms with Crippen molar-refractivity contribution in [3.8, 4) is 0 Å². The standard InChI is InChI=1S/C23H33NO5/c1-4-24-20(28)19(27)23(29)10-8-16-15-6-5-13-11-14(25)7-9-21(13,2)18(15)17(26)12-22(16,23)3/h7,9,11,15-19,26-27,29H,4-6,8,10,12H2,1-3H3,(H,24,28)/t15-,16-,17-,18+,19+,21-,22-,23-/m0/s1. The minimum Gasteiger partial charge on any atom is -0.393 e. The van der Waals surface area contributed by atoms with E-state index in [0.29, 0.717) is 19.4 Å². The van der Waals surface area contributed by atoms with Crippen molar-refractivity contribution in [1.82, 2.24) is 5.32 Å². The number of likely N-dealkylation sites (N-methyl/N-ethyl adjacent to an activating group) is 1. The Bertz CT molecular complexity index is 790. The molecule has 4 aliphatic carbocycles. The summed E-state index contributed by atoms with van der Waals surface area (Å²) in [7, 11) is 0. The molecule has 0 bridgehead atoms. The molecule has 6 heteroatoms. The number of amides is 1. The quantitative estimate of drug-likeness (QED) is 0.571. The van der Waals surface area contributed by atoms with E-state index in [4.69, 9.17) is 0 Å². The number of fused-ring (bicyclic) bond motifs is 5. The molecule has 0 spiro atoms. The van der Waals surface area contributed by atoms with Crippen molar-refractivity contribution in [2.75, 3.05) is 6.54 Å². The molecule has 0 aromatic rings. The Morgan fingerprint density at radius 2 is 2.07 bits per heavy atom. The maximum absolute atomic E-state index is 12.4. The number of carbonyl (C=O) groups excluding carboxylic acids is 2. The SMILES string of the molecule is CCNC(=O)[C@@H](O)[C@@]1(O)CC[C@H]2[C@@H]3CCC4=CC(=O)C=C[C@]4(C)[C@H]3[C@@H](O)C[C@@]21C. The molecule has 0 unspecified atom stereocenters. The summed E-state index contributed by atoms with van der Waals surface area (Å²) in [6.45, 7) is 6.20. The maximum atomic E-state index is 12.4. The van der Waals surface area contributed by atoms with Gasteiger partial charge in [0, 0.05) is 23.3 Å². The van der Waals surface area contributed by atoms with Gasteiger partial charge in [-0.3, -0.25) is 9.59 Å². The Kier molecular flexibility index (Phi) is 4.84. The van der Waals surface area contributed by atoms with E-state index in [1.165, 1.54) is 0 Å². The fourth-order valence-electron chi connectivity index (χ4n) is 7.30. The van der Waals surface area contributed by atoms with E-state index in [0.717, 1.165) is 24.8 Å². The van der Waals surface area contributed by atoms with E-state index >= 15 is 0 Å². The molecule has 0 heterocycles. The van der Waals surface area contributed by atoms with Crippen LogP contribution in [0.25, 0.3) is 0 Å². The highest BCUT2D eigenvalue weighted by Crippen LogP contribution is 2.67. The first kappa shape index (κ1) is 20.8. The van der Waals surface area contributed by atoms with Gasteiger partial charge in [0.05, 0.1) is 6.10 Å². The average Bonchev–Trinajstić information content (AvgIpc) is 2.93. The second-order valence-corrected chi connectivity index (χ2v) is 9.97. The van der Waals surface area contributed by atoms with Crippen molar-refractivity contribution >= 4 is 11.7 Å². The summed E-state index contributed by atoms with van der Waals surface area (Å²) < 4.78 is 0. The van der Waals surface area contributed by atoms with Gasteiger partial charge in [-0.1, -0.05) is 25.5 Å². The van der Waals surface area contributed by atoms with E-state index in [1.54, 1.807) is 19.1 Å². The first-order valence-electron chi connectivity index (χ1n) is 10.9. The van der Waals surface area contributed by atoms with Crippen LogP contribution in [0.3, 0.4) is 0 Å². The highest BCUT2D eigenvalue weighted by molar-refractivity contribution is 6.01. The smallest absolute Gasteiger partial charge is 0.251 e. The van der Waals surface area contributed by atoms with Crippen LogP contribution in [0.1, 0.15) is 52.9 Å². The van der Waals surface area contributed by atoms with Crippen molar-refractivity contribution < 1.29 is 24.9 Å². The lowest BCUT2D eigenvalue weighted by molar-refractivity contribution is -0.200. The number of hydrogen-bond donors (Lipinski definition) is 4. The molecule has 29 heavy (non-hydrogen) atoms. The van der Waals surface area contributed by atoms with E-state index in [-0.39, 0.29) is 29.0 Å². The molecule has 0 aliphatic heterocycles. The summed E-state index contributed by atoms with van der Waals surface area (Å²) in [5.41, 5.74) is -1.58. The van der Waals surface area contributed by atoms with Crippen LogP contribution in [0, 0.1) is 28.6 Å². The zero-order valence-electron chi connectivity index (χ0n) is 17.5. The molecular formula is C23H33NO5. The molecule has 0 aromatic carbocycles. The van der Waals surface area contributed by atoms with Gasteiger partial charge in [-0.15, -0.1) is 0 Å². The third-order valence-electron chi connectivity index (χ3n) is 8.76.